The lowest BCUT2D eigenvalue weighted by Gasteiger charge is -2.15. The van der Waals surface area contributed by atoms with Gasteiger partial charge in [-0.3, -0.25) is 9.52 Å². The Morgan fingerprint density at radius 3 is 2.52 bits per heavy atom. The van der Waals surface area contributed by atoms with Crippen molar-refractivity contribution < 1.29 is 31.1 Å². The summed E-state index contributed by atoms with van der Waals surface area (Å²) in [5.41, 5.74) is -0.900. The van der Waals surface area contributed by atoms with Crippen molar-refractivity contribution in [3.05, 3.63) is 64.6 Å². The summed E-state index contributed by atoms with van der Waals surface area (Å²) in [4.78, 5) is 20.1. The van der Waals surface area contributed by atoms with Crippen molar-refractivity contribution in [1.29, 1.82) is 0 Å². The van der Waals surface area contributed by atoms with Gasteiger partial charge < -0.3 is 14.5 Å². The number of carbonyl (C=O) groups excluding carboxylic acids is 1. The number of rotatable bonds is 7. The number of nitrogens with zero attached hydrogens (tertiary/aromatic N) is 2. The van der Waals surface area contributed by atoms with Gasteiger partial charge in [-0.1, -0.05) is 17.7 Å². The van der Waals surface area contributed by atoms with Gasteiger partial charge in [-0.15, -0.1) is 0 Å². The summed E-state index contributed by atoms with van der Waals surface area (Å²) in [5, 5.41) is 2.68. The Morgan fingerprint density at radius 2 is 1.90 bits per heavy atom. The Bertz CT molecular complexity index is 1210. The van der Waals surface area contributed by atoms with Crippen LogP contribution in [0.15, 0.2) is 41.0 Å². The van der Waals surface area contributed by atoms with Gasteiger partial charge in [0.05, 0.1) is 12.3 Å². The minimum absolute atomic E-state index is 0.0606. The van der Waals surface area contributed by atoms with Gasteiger partial charge in [0.25, 0.3) is 5.91 Å². The summed E-state index contributed by atoms with van der Waals surface area (Å²) in [6, 6.07) is 5.60. The molecule has 0 unspecified atom stereocenters. The number of benzene rings is 1. The van der Waals surface area contributed by atoms with E-state index in [1.807, 2.05) is 0 Å². The topological polar surface area (TPSA) is 123 Å². The van der Waals surface area contributed by atoms with Gasteiger partial charge >= 0.3 is 6.08 Å². The first-order chi connectivity index (χ1) is 14.5. The number of hydrogen-bond donors (Lipinski definition) is 2. The SMILES string of the molecule is C[C@@H](NC(=O)c1coc(Oc2cccc(Cl)n2)n1)c1cc(F)c(NS(C)(=O)=O)c(F)c1. The second-order valence-electron chi connectivity index (χ2n) is 6.33. The molecule has 31 heavy (non-hydrogen) atoms. The van der Waals surface area contributed by atoms with E-state index in [4.69, 9.17) is 20.8 Å². The van der Waals surface area contributed by atoms with Gasteiger partial charge in [0.15, 0.2) is 17.3 Å². The van der Waals surface area contributed by atoms with Crippen LogP contribution in [0, 0.1) is 11.6 Å². The van der Waals surface area contributed by atoms with E-state index in [1.54, 1.807) is 16.9 Å². The van der Waals surface area contributed by atoms with Crippen LogP contribution < -0.4 is 14.8 Å². The normalized spacial score (nSPS) is 12.3. The van der Waals surface area contributed by atoms with Crippen molar-refractivity contribution in [3.8, 4) is 12.0 Å². The molecule has 2 aromatic heterocycles. The number of carbonyl (C=O) groups is 1. The molecule has 0 fully saturated rings. The van der Waals surface area contributed by atoms with Gasteiger partial charge in [0.2, 0.25) is 15.9 Å². The predicted molar refractivity (Wildman–Crippen MR) is 107 cm³/mol. The molecule has 0 aliphatic heterocycles. The molecule has 3 rings (SSSR count). The molecule has 1 aromatic carbocycles. The largest absolute Gasteiger partial charge is 0.416 e. The number of pyridine rings is 1. The molecular weight excluding hydrogens is 458 g/mol. The van der Waals surface area contributed by atoms with E-state index < -0.39 is 39.3 Å². The molecule has 3 aromatic rings. The van der Waals surface area contributed by atoms with Crippen molar-refractivity contribution in [2.24, 2.45) is 0 Å². The molecule has 1 atom stereocenters. The molecule has 0 spiro atoms. The van der Waals surface area contributed by atoms with Crippen LogP contribution >= 0.6 is 11.6 Å². The first kappa shape index (κ1) is 22.4. The fourth-order valence-electron chi connectivity index (χ4n) is 2.42. The smallest absolute Gasteiger partial charge is 0.401 e. The van der Waals surface area contributed by atoms with E-state index in [0.29, 0.717) is 0 Å². The lowest BCUT2D eigenvalue weighted by Crippen LogP contribution is -2.27. The van der Waals surface area contributed by atoms with Crippen LogP contribution in [-0.2, 0) is 10.0 Å². The van der Waals surface area contributed by atoms with Crippen LogP contribution in [0.3, 0.4) is 0 Å². The fourth-order valence-corrected chi connectivity index (χ4v) is 3.15. The van der Waals surface area contributed by atoms with Crippen LogP contribution in [0.1, 0.15) is 29.0 Å². The first-order valence-electron chi connectivity index (χ1n) is 8.55. The highest BCUT2D eigenvalue weighted by Crippen LogP contribution is 2.25. The number of oxazole rings is 1. The Morgan fingerprint density at radius 1 is 1.23 bits per heavy atom. The highest BCUT2D eigenvalue weighted by Gasteiger charge is 2.20. The van der Waals surface area contributed by atoms with Gasteiger partial charge in [0, 0.05) is 6.07 Å². The number of ether oxygens (including phenoxy) is 1. The van der Waals surface area contributed by atoms with Gasteiger partial charge in [0.1, 0.15) is 17.1 Å². The van der Waals surface area contributed by atoms with Crippen LogP contribution in [0.2, 0.25) is 5.15 Å². The monoisotopic (exact) mass is 472 g/mol. The average Bonchev–Trinajstić information content (AvgIpc) is 3.12. The van der Waals surface area contributed by atoms with Crippen LogP contribution in [-0.4, -0.2) is 30.5 Å². The summed E-state index contributed by atoms with van der Waals surface area (Å²) in [6.45, 7) is 1.48. The Labute approximate surface area is 180 Å². The number of sulfonamides is 1. The second-order valence-corrected chi connectivity index (χ2v) is 8.46. The van der Waals surface area contributed by atoms with E-state index in [2.05, 4.69) is 15.3 Å². The Hall–Kier alpha value is -3.25. The van der Waals surface area contributed by atoms with E-state index >= 15 is 0 Å². The molecule has 0 saturated carbocycles. The first-order valence-corrected chi connectivity index (χ1v) is 10.8. The molecule has 0 radical (unpaired) electrons. The summed E-state index contributed by atoms with van der Waals surface area (Å²) in [5.74, 6) is -2.87. The molecule has 13 heteroatoms. The van der Waals surface area contributed by atoms with Crippen LogP contribution in [0.4, 0.5) is 14.5 Å². The number of halogens is 3. The second kappa shape index (κ2) is 8.86. The van der Waals surface area contributed by atoms with Crippen molar-refractivity contribution in [2.45, 2.75) is 13.0 Å². The maximum atomic E-state index is 14.2. The fraction of sp³-hybridized carbons (Fsp3) is 0.167. The summed E-state index contributed by atoms with van der Waals surface area (Å²) >= 11 is 5.75. The molecule has 0 bridgehead atoms. The zero-order valence-electron chi connectivity index (χ0n) is 16.0. The van der Waals surface area contributed by atoms with Gasteiger partial charge in [-0.2, -0.15) is 4.98 Å². The molecule has 0 saturated heterocycles. The Kier molecular flexibility index (Phi) is 6.41. The zero-order chi connectivity index (χ0) is 22.8. The number of amides is 1. The quantitative estimate of drug-likeness (QED) is 0.503. The van der Waals surface area contributed by atoms with E-state index in [9.17, 15) is 22.0 Å². The van der Waals surface area contributed by atoms with E-state index in [0.717, 1.165) is 24.7 Å². The van der Waals surface area contributed by atoms with E-state index in [1.165, 1.54) is 13.0 Å². The average molecular weight is 473 g/mol. The molecular formula is C18H15ClF2N4O5S. The molecule has 164 valence electrons. The number of nitrogens with one attached hydrogen (secondary N) is 2. The highest BCUT2D eigenvalue weighted by atomic mass is 35.5. The number of aromatic nitrogens is 2. The van der Waals surface area contributed by atoms with Crippen molar-refractivity contribution in [2.75, 3.05) is 11.0 Å². The van der Waals surface area contributed by atoms with Gasteiger partial charge in [-0.05, 0) is 30.7 Å². The third-order valence-electron chi connectivity index (χ3n) is 3.80. The lowest BCUT2D eigenvalue weighted by atomic mass is 10.1. The maximum Gasteiger partial charge on any atom is 0.401 e. The van der Waals surface area contributed by atoms with Gasteiger partial charge in [-0.25, -0.2) is 22.2 Å². The predicted octanol–water partition coefficient (Wildman–Crippen LogP) is 3.66. The standard InChI is InChI=1S/C18H15ClF2N4O5S/c1-9(10-6-11(20)16(12(21)7-10)25-31(2,27)28)22-17(26)13-8-29-18(23-13)30-15-5-3-4-14(19)24-15/h3-9,25H,1-2H3,(H,22,26)/t9-/m1/s1. The third kappa shape index (κ3) is 5.89. The van der Waals surface area contributed by atoms with Crippen LogP contribution in [0.25, 0.3) is 0 Å². The van der Waals surface area contributed by atoms with Crippen molar-refractivity contribution in [1.82, 2.24) is 15.3 Å². The summed E-state index contributed by atoms with van der Waals surface area (Å²) in [7, 11) is -3.88. The third-order valence-corrected chi connectivity index (χ3v) is 4.58. The Balaban J connectivity index is 1.70. The molecule has 0 aliphatic carbocycles. The van der Waals surface area contributed by atoms with Crippen molar-refractivity contribution in [3.63, 3.8) is 0 Å². The molecule has 2 N–H and O–H groups in total. The zero-order valence-corrected chi connectivity index (χ0v) is 17.6. The van der Waals surface area contributed by atoms with Crippen molar-refractivity contribution >= 4 is 33.2 Å². The molecule has 1 amide bonds. The highest BCUT2D eigenvalue weighted by molar-refractivity contribution is 7.92. The van der Waals surface area contributed by atoms with Crippen LogP contribution in [0.5, 0.6) is 12.0 Å². The summed E-state index contributed by atoms with van der Waals surface area (Å²) < 4.78 is 62.8. The summed E-state index contributed by atoms with van der Waals surface area (Å²) in [6.07, 6.45) is 1.53. The minimum atomic E-state index is -3.88. The molecule has 0 aliphatic rings. The molecule has 9 nitrogen and oxygen atoms in total. The number of anilines is 1. The molecule has 2 heterocycles. The minimum Gasteiger partial charge on any atom is -0.416 e. The van der Waals surface area contributed by atoms with E-state index in [-0.39, 0.29) is 28.4 Å². The maximum absolute atomic E-state index is 14.2. The number of hydrogen-bond acceptors (Lipinski definition) is 7. The lowest BCUT2D eigenvalue weighted by molar-refractivity contribution is 0.0934.